The van der Waals surface area contributed by atoms with Crippen molar-refractivity contribution >= 4 is 123 Å². The van der Waals surface area contributed by atoms with Gasteiger partial charge in [0, 0.05) is 83.9 Å². The summed E-state index contributed by atoms with van der Waals surface area (Å²) in [5.74, 6) is 0. The molecule has 3 aromatic heterocycles. The molecular weight excluding hydrogens is 1090 g/mol. The van der Waals surface area contributed by atoms with Crippen molar-refractivity contribution in [3.63, 3.8) is 0 Å². The standard InChI is InChI=1S/C84H67BN4O/c1-82(2,3)56-33-28-53(29-34-56)55-47-77-81-78(48-55)89(60-37-40-66-65-22-12-17-27-79(65)90-80(66)51-60)76-50-59(88-73-25-15-10-20-63(73)64-21-11-16-26-74(64)88)39-43-70(76)85(81)69-42-38-58(87-71-23-13-8-18-61(71)62-19-9-14-24-72(62)87)49-75(69)86(77)57-35-30-52(31-36-57)54-32-41-67-68(46-54)84(6,7)45-44-83(67,4)5/h8-43,46-51H,44-45H2,1-7H3. The molecule has 2 aliphatic heterocycles. The monoisotopic (exact) mass is 1160 g/mol. The summed E-state index contributed by atoms with van der Waals surface area (Å²) < 4.78 is 11.7. The summed E-state index contributed by atoms with van der Waals surface area (Å²) in [5.41, 5.74) is 28.3. The Kier molecular flexibility index (Phi) is 11.2. The fraction of sp³-hybridized carbons (Fsp3) is 0.143. The van der Waals surface area contributed by atoms with E-state index in [0.717, 1.165) is 78.6 Å². The number of nitrogens with zero attached hydrogens (tertiary/aromatic N) is 4. The second-order valence-electron chi connectivity index (χ2n) is 27.9. The Hall–Kier alpha value is -10.3. The molecule has 15 aromatic rings. The molecule has 0 radical (unpaired) electrons. The lowest BCUT2D eigenvalue weighted by Gasteiger charge is -2.44. The highest BCUT2D eigenvalue weighted by Gasteiger charge is 2.45. The molecule has 12 aromatic carbocycles. The van der Waals surface area contributed by atoms with Crippen molar-refractivity contribution in [1.82, 2.24) is 9.13 Å². The molecule has 0 amide bonds. The van der Waals surface area contributed by atoms with Gasteiger partial charge in [-0.2, -0.15) is 0 Å². The predicted molar refractivity (Wildman–Crippen MR) is 381 cm³/mol. The SMILES string of the molecule is CC(C)(C)c1ccc(-c2cc3c4c(c2)N(c2ccc5c(c2)oc2ccccc25)c2cc(-n5c6ccccc6c6ccccc65)ccc2B4c2ccc(-n4c5ccccc5c5ccccc54)cc2N3c2ccc(-c3ccc4c(c3)C(C)(C)CCC4(C)C)cc2)cc1. The summed E-state index contributed by atoms with van der Waals surface area (Å²) in [6, 6.07) is 96.4. The van der Waals surface area contributed by atoms with Gasteiger partial charge in [-0.15, -0.1) is 0 Å². The van der Waals surface area contributed by atoms with Gasteiger partial charge in [0.25, 0.3) is 6.71 Å². The van der Waals surface area contributed by atoms with Crippen molar-refractivity contribution in [2.24, 2.45) is 0 Å². The Morgan fingerprint density at radius 2 is 0.778 bits per heavy atom. The third-order valence-corrected chi connectivity index (χ3v) is 20.7. The Morgan fingerprint density at radius 3 is 1.32 bits per heavy atom. The lowest BCUT2D eigenvalue weighted by atomic mass is 9.33. The van der Waals surface area contributed by atoms with Crippen LogP contribution >= 0.6 is 0 Å². The Balaban J connectivity index is 0.926. The topological polar surface area (TPSA) is 29.5 Å². The molecule has 6 heteroatoms. The molecule has 0 fully saturated rings. The normalized spacial score (nSPS) is 14.9. The smallest absolute Gasteiger partial charge is 0.252 e. The van der Waals surface area contributed by atoms with Crippen molar-refractivity contribution in [1.29, 1.82) is 0 Å². The minimum Gasteiger partial charge on any atom is -0.456 e. The number of anilines is 6. The van der Waals surface area contributed by atoms with Crippen LogP contribution in [0.2, 0.25) is 0 Å². The van der Waals surface area contributed by atoms with Crippen LogP contribution < -0.4 is 26.2 Å². The summed E-state index contributed by atoms with van der Waals surface area (Å²) in [7, 11) is 0. The quantitative estimate of drug-likeness (QED) is 0.155. The van der Waals surface area contributed by atoms with E-state index in [-0.39, 0.29) is 23.0 Å². The van der Waals surface area contributed by atoms with Crippen LogP contribution in [0.5, 0.6) is 0 Å². The first-order valence-corrected chi connectivity index (χ1v) is 32.1. The number of hydrogen-bond donors (Lipinski definition) is 0. The van der Waals surface area contributed by atoms with Crippen molar-refractivity contribution < 1.29 is 4.42 Å². The molecule has 0 spiro atoms. The first kappa shape index (κ1) is 52.8. The minimum absolute atomic E-state index is 0.00980. The lowest BCUT2D eigenvalue weighted by molar-refractivity contribution is 0.332. The number of rotatable bonds is 6. The predicted octanol–water partition coefficient (Wildman–Crippen LogP) is 20.8. The van der Waals surface area contributed by atoms with Gasteiger partial charge >= 0.3 is 0 Å². The van der Waals surface area contributed by atoms with Crippen molar-refractivity contribution in [3.8, 4) is 33.6 Å². The molecule has 0 saturated heterocycles. The van der Waals surface area contributed by atoms with Gasteiger partial charge in [-0.1, -0.05) is 206 Å². The Morgan fingerprint density at radius 1 is 0.344 bits per heavy atom. The van der Waals surface area contributed by atoms with Crippen molar-refractivity contribution in [2.75, 3.05) is 9.80 Å². The number of fused-ring (bicyclic) bond motifs is 14. The fourth-order valence-corrected chi connectivity index (χ4v) is 16.0. The minimum atomic E-state index is -0.151. The first-order valence-electron chi connectivity index (χ1n) is 32.1. The van der Waals surface area contributed by atoms with Gasteiger partial charge < -0.3 is 23.4 Å². The van der Waals surface area contributed by atoms with Crippen molar-refractivity contribution in [2.45, 2.75) is 77.6 Å². The Bertz CT molecular complexity index is 5390. The zero-order valence-electron chi connectivity index (χ0n) is 51.9. The van der Waals surface area contributed by atoms with Gasteiger partial charge in [0.15, 0.2) is 0 Å². The van der Waals surface area contributed by atoms with Gasteiger partial charge in [-0.3, -0.25) is 0 Å². The second-order valence-corrected chi connectivity index (χ2v) is 27.9. The number of para-hydroxylation sites is 5. The van der Waals surface area contributed by atoms with E-state index >= 15 is 0 Å². The third kappa shape index (κ3) is 7.83. The van der Waals surface area contributed by atoms with Gasteiger partial charge in [-0.25, -0.2) is 0 Å². The van der Waals surface area contributed by atoms with E-state index in [0.29, 0.717) is 0 Å². The molecule has 0 atom stereocenters. The maximum absolute atomic E-state index is 6.81. The molecular formula is C84H67BN4O. The molecule has 5 heterocycles. The highest BCUT2D eigenvalue weighted by atomic mass is 16.3. The van der Waals surface area contributed by atoms with Crippen LogP contribution in [0.4, 0.5) is 34.1 Å². The largest absolute Gasteiger partial charge is 0.456 e. The summed E-state index contributed by atoms with van der Waals surface area (Å²) in [5, 5.41) is 7.17. The number of furan rings is 1. The van der Waals surface area contributed by atoms with Crippen LogP contribution in [0.1, 0.15) is 78.0 Å². The maximum atomic E-state index is 6.81. The van der Waals surface area contributed by atoms with Gasteiger partial charge in [0.2, 0.25) is 0 Å². The second kappa shape index (κ2) is 19.1. The summed E-state index contributed by atoms with van der Waals surface area (Å²) in [6.45, 7) is 16.4. The third-order valence-electron chi connectivity index (χ3n) is 20.7. The highest BCUT2D eigenvalue weighted by Crippen LogP contribution is 2.51. The van der Waals surface area contributed by atoms with E-state index in [2.05, 4.69) is 322 Å². The molecule has 432 valence electrons. The van der Waals surface area contributed by atoms with Crippen LogP contribution in [0.25, 0.3) is 99.2 Å². The number of aromatic nitrogens is 2. The van der Waals surface area contributed by atoms with E-state index in [9.17, 15) is 0 Å². The van der Waals surface area contributed by atoms with E-state index in [4.69, 9.17) is 4.42 Å². The lowest BCUT2D eigenvalue weighted by Crippen LogP contribution is -2.61. The molecule has 90 heavy (non-hydrogen) atoms. The van der Waals surface area contributed by atoms with Crippen LogP contribution in [0.15, 0.2) is 259 Å². The first-order chi connectivity index (χ1) is 43.7. The van der Waals surface area contributed by atoms with E-state index in [1.807, 2.05) is 0 Å². The fourth-order valence-electron chi connectivity index (χ4n) is 16.0. The van der Waals surface area contributed by atoms with Crippen LogP contribution in [-0.2, 0) is 16.2 Å². The Labute approximate surface area is 525 Å². The van der Waals surface area contributed by atoms with Crippen LogP contribution in [-0.4, -0.2) is 15.8 Å². The molecule has 0 saturated carbocycles. The molecule has 1 aliphatic carbocycles. The molecule has 0 unspecified atom stereocenters. The summed E-state index contributed by atoms with van der Waals surface area (Å²) >= 11 is 0. The molecule has 5 nitrogen and oxygen atoms in total. The molecule has 3 aliphatic rings. The van der Waals surface area contributed by atoms with E-state index < -0.39 is 0 Å². The van der Waals surface area contributed by atoms with Crippen LogP contribution in [0, 0.1) is 0 Å². The molecule has 18 rings (SSSR count). The number of hydrogen-bond acceptors (Lipinski definition) is 3. The average Bonchev–Trinajstić information content (AvgIpc) is 0.849. The highest BCUT2D eigenvalue weighted by molar-refractivity contribution is 7.00. The van der Waals surface area contributed by atoms with E-state index in [1.165, 1.54) is 101 Å². The van der Waals surface area contributed by atoms with Crippen molar-refractivity contribution in [3.05, 3.63) is 271 Å². The van der Waals surface area contributed by atoms with E-state index in [1.54, 1.807) is 0 Å². The summed E-state index contributed by atoms with van der Waals surface area (Å²) in [6.07, 6.45) is 2.36. The van der Waals surface area contributed by atoms with Gasteiger partial charge in [0.05, 0.1) is 22.1 Å². The summed E-state index contributed by atoms with van der Waals surface area (Å²) in [4.78, 5) is 5.15. The molecule has 0 bridgehead atoms. The van der Waals surface area contributed by atoms with Gasteiger partial charge in [-0.05, 0) is 175 Å². The number of benzene rings is 12. The average molecular weight is 1160 g/mol. The zero-order chi connectivity index (χ0) is 60.5. The maximum Gasteiger partial charge on any atom is 0.252 e. The molecule has 0 N–H and O–H groups in total. The van der Waals surface area contributed by atoms with Crippen LogP contribution in [0.3, 0.4) is 0 Å². The van der Waals surface area contributed by atoms with Gasteiger partial charge in [0.1, 0.15) is 11.2 Å². The zero-order valence-corrected chi connectivity index (χ0v) is 51.9.